The van der Waals surface area contributed by atoms with E-state index in [9.17, 15) is 4.79 Å². The largest absolute Gasteiger partial charge is 0.465 e. The number of carboxylic acid groups (broad SMARTS) is 1. The number of carbonyl (C=O) groups is 1. The average molecular weight is 268 g/mol. The summed E-state index contributed by atoms with van der Waals surface area (Å²) in [6, 6.07) is 0. The summed E-state index contributed by atoms with van der Waals surface area (Å²) in [7, 11) is 5.82. The molecule has 0 aromatic rings. The van der Waals surface area contributed by atoms with Crippen molar-refractivity contribution in [3.63, 3.8) is 0 Å². The molecule has 0 spiro atoms. The molecule has 0 unspecified atom stereocenters. The minimum absolute atomic E-state index is 0.668. The third kappa shape index (κ3) is 6.62. The van der Waals surface area contributed by atoms with Crippen LogP contribution in [0.25, 0.3) is 0 Å². The highest BCUT2D eigenvalue weighted by atomic mass is 16.4. The van der Waals surface area contributed by atoms with Gasteiger partial charge in [0, 0.05) is 20.1 Å². The molecule has 19 heavy (non-hydrogen) atoms. The summed E-state index contributed by atoms with van der Waals surface area (Å²) < 4.78 is 0. The third-order valence-electron chi connectivity index (χ3n) is 3.97. The number of hydrogen-bond donors (Lipinski definition) is 1. The van der Waals surface area contributed by atoms with Gasteiger partial charge in [-0.15, -0.1) is 0 Å². The maximum Gasteiger partial charge on any atom is 0.407 e. The lowest BCUT2D eigenvalue weighted by Gasteiger charge is -2.27. The zero-order valence-electron chi connectivity index (χ0n) is 12.5. The highest BCUT2D eigenvalue weighted by Gasteiger charge is 2.20. The molecule has 4 heteroatoms. The molecule has 0 aliphatic heterocycles. The molecule has 0 bridgehead atoms. The second-order valence-electron chi connectivity index (χ2n) is 5.96. The Morgan fingerprint density at radius 1 is 1.21 bits per heavy atom. The third-order valence-corrected chi connectivity index (χ3v) is 3.97. The number of likely N-dealkylation sites (N-methyl/N-ethyl adjacent to an activating group) is 1. The van der Waals surface area contributed by atoms with Crippen LogP contribution in [0.2, 0.25) is 0 Å². The molecule has 0 radical (unpaired) electrons. The van der Waals surface area contributed by atoms with Crippen molar-refractivity contribution in [1.82, 2.24) is 9.80 Å². The molecular formula is C15H28N2O2. The van der Waals surface area contributed by atoms with Crippen molar-refractivity contribution in [2.75, 3.05) is 34.2 Å². The normalized spacial score (nSPS) is 24.0. The van der Waals surface area contributed by atoms with Crippen LogP contribution in [-0.2, 0) is 0 Å². The fourth-order valence-corrected chi connectivity index (χ4v) is 2.61. The van der Waals surface area contributed by atoms with E-state index in [1.807, 2.05) is 0 Å². The van der Waals surface area contributed by atoms with Crippen LogP contribution >= 0.6 is 0 Å². The van der Waals surface area contributed by atoms with Crippen molar-refractivity contribution < 1.29 is 9.90 Å². The van der Waals surface area contributed by atoms with E-state index in [0.29, 0.717) is 12.5 Å². The molecule has 1 amide bonds. The van der Waals surface area contributed by atoms with Crippen molar-refractivity contribution in [2.24, 2.45) is 11.8 Å². The highest BCUT2D eigenvalue weighted by molar-refractivity contribution is 5.64. The van der Waals surface area contributed by atoms with Crippen molar-refractivity contribution in [1.29, 1.82) is 0 Å². The number of amides is 1. The first-order valence-electron chi connectivity index (χ1n) is 7.24. The molecule has 1 aliphatic carbocycles. The lowest BCUT2D eigenvalue weighted by molar-refractivity contribution is 0.150. The Morgan fingerprint density at radius 3 is 2.37 bits per heavy atom. The summed E-state index contributed by atoms with van der Waals surface area (Å²) in [6.07, 6.45) is 9.81. The van der Waals surface area contributed by atoms with Crippen molar-refractivity contribution in [3.8, 4) is 0 Å². The second kappa shape index (κ2) is 8.20. The van der Waals surface area contributed by atoms with Gasteiger partial charge < -0.3 is 14.9 Å². The van der Waals surface area contributed by atoms with Crippen LogP contribution in [-0.4, -0.2) is 55.2 Å². The smallest absolute Gasteiger partial charge is 0.407 e. The van der Waals surface area contributed by atoms with Gasteiger partial charge >= 0.3 is 6.09 Å². The van der Waals surface area contributed by atoms with Crippen molar-refractivity contribution in [3.05, 3.63) is 12.2 Å². The predicted octanol–water partition coefficient (Wildman–Crippen LogP) is 2.91. The molecule has 1 rings (SSSR count). The first kappa shape index (κ1) is 16.0. The van der Waals surface area contributed by atoms with Gasteiger partial charge in [0.2, 0.25) is 0 Å². The zero-order valence-corrected chi connectivity index (χ0v) is 12.5. The van der Waals surface area contributed by atoms with Gasteiger partial charge in [-0.3, -0.25) is 0 Å². The first-order chi connectivity index (χ1) is 8.99. The first-order valence-corrected chi connectivity index (χ1v) is 7.24. The summed E-state index contributed by atoms with van der Waals surface area (Å²) in [5.41, 5.74) is 0. The molecule has 1 aliphatic rings. The topological polar surface area (TPSA) is 43.8 Å². The maximum absolute atomic E-state index is 10.7. The van der Waals surface area contributed by atoms with Crippen LogP contribution in [0, 0.1) is 11.8 Å². The van der Waals surface area contributed by atoms with Crippen molar-refractivity contribution in [2.45, 2.75) is 32.1 Å². The Labute approximate surface area is 117 Å². The summed E-state index contributed by atoms with van der Waals surface area (Å²) >= 11 is 0. The quantitative estimate of drug-likeness (QED) is 0.753. The van der Waals surface area contributed by atoms with Gasteiger partial charge in [0.05, 0.1) is 0 Å². The van der Waals surface area contributed by atoms with E-state index in [-0.39, 0.29) is 0 Å². The maximum atomic E-state index is 10.7. The van der Waals surface area contributed by atoms with Crippen molar-refractivity contribution >= 4 is 6.09 Å². The fraction of sp³-hybridized carbons (Fsp3) is 0.800. The molecule has 0 saturated heterocycles. The lowest BCUT2D eigenvalue weighted by Crippen LogP contribution is -2.28. The summed E-state index contributed by atoms with van der Waals surface area (Å²) in [4.78, 5) is 14.3. The van der Waals surface area contributed by atoms with Gasteiger partial charge in [-0.25, -0.2) is 4.79 Å². The molecule has 1 saturated carbocycles. The van der Waals surface area contributed by atoms with Crippen LogP contribution in [0.4, 0.5) is 4.79 Å². The molecule has 0 heterocycles. The monoisotopic (exact) mass is 268 g/mol. The molecule has 1 N–H and O–H groups in total. The van der Waals surface area contributed by atoms with Gasteiger partial charge in [0.1, 0.15) is 0 Å². The van der Waals surface area contributed by atoms with E-state index in [2.05, 4.69) is 31.1 Å². The standard InChI is InChI=1S/C15H28N2O2/c1-16(2)11-4-5-13-6-8-14(9-7-13)10-12-17(3)15(18)19/h4-5,13-14H,6-12H2,1-3H3,(H,18,19)/b5-4+. The molecule has 1 fully saturated rings. The lowest BCUT2D eigenvalue weighted by atomic mass is 9.80. The number of nitrogens with zero attached hydrogens (tertiary/aromatic N) is 2. The summed E-state index contributed by atoms with van der Waals surface area (Å²) in [5.74, 6) is 1.44. The van der Waals surface area contributed by atoms with Crippen LogP contribution in [0.15, 0.2) is 12.2 Å². The van der Waals surface area contributed by atoms with E-state index >= 15 is 0 Å². The van der Waals surface area contributed by atoms with Crippen LogP contribution in [0.3, 0.4) is 0 Å². The number of rotatable bonds is 6. The SMILES string of the molecule is CN(C)C/C=C/C1CCC(CCN(C)C(=O)O)CC1. The second-order valence-corrected chi connectivity index (χ2v) is 5.96. The van der Waals surface area contributed by atoms with Gasteiger partial charge in [0.15, 0.2) is 0 Å². The summed E-state index contributed by atoms with van der Waals surface area (Å²) in [5, 5.41) is 8.81. The van der Waals surface area contributed by atoms with E-state index < -0.39 is 6.09 Å². The fourth-order valence-electron chi connectivity index (χ4n) is 2.61. The predicted molar refractivity (Wildman–Crippen MR) is 78.4 cm³/mol. The Bertz CT molecular complexity index is 295. The molecule has 0 aromatic carbocycles. The highest BCUT2D eigenvalue weighted by Crippen LogP contribution is 2.31. The molecule has 0 aromatic heterocycles. The minimum Gasteiger partial charge on any atom is -0.465 e. The van der Waals surface area contributed by atoms with E-state index in [1.54, 1.807) is 7.05 Å². The number of allylic oxidation sites excluding steroid dienone is 1. The van der Waals surface area contributed by atoms with E-state index in [0.717, 1.165) is 18.9 Å². The molecule has 110 valence electrons. The van der Waals surface area contributed by atoms with E-state index in [1.165, 1.54) is 30.6 Å². The van der Waals surface area contributed by atoms with Gasteiger partial charge in [0.25, 0.3) is 0 Å². The molecule has 0 atom stereocenters. The Hall–Kier alpha value is -1.03. The average Bonchev–Trinajstić information content (AvgIpc) is 2.37. The minimum atomic E-state index is -0.819. The van der Waals surface area contributed by atoms with Crippen LogP contribution in [0.1, 0.15) is 32.1 Å². The molecule has 4 nitrogen and oxygen atoms in total. The Morgan fingerprint density at radius 2 is 1.84 bits per heavy atom. The van der Waals surface area contributed by atoms with Crippen LogP contribution in [0.5, 0.6) is 0 Å². The molecular weight excluding hydrogens is 240 g/mol. The Kier molecular flexibility index (Phi) is 6.92. The van der Waals surface area contributed by atoms with Gasteiger partial charge in [-0.05, 0) is 58.0 Å². The van der Waals surface area contributed by atoms with Gasteiger partial charge in [-0.1, -0.05) is 12.2 Å². The zero-order chi connectivity index (χ0) is 14.3. The number of hydrogen-bond acceptors (Lipinski definition) is 2. The summed E-state index contributed by atoms with van der Waals surface area (Å²) in [6.45, 7) is 1.68. The van der Waals surface area contributed by atoms with E-state index in [4.69, 9.17) is 5.11 Å². The van der Waals surface area contributed by atoms with Crippen LogP contribution < -0.4 is 0 Å². The van der Waals surface area contributed by atoms with Gasteiger partial charge in [-0.2, -0.15) is 0 Å². The Balaban J connectivity index is 2.18.